The maximum atomic E-state index is 13.0. The van der Waals surface area contributed by atoms with Gasteiger partial charge in [-0.2, -0.15) is 0 Å². The second-order valence-electron chi connectivity index (χ2n) is 7.56. The summed E-state index contributed by atoms with van der Waals surface area (Å²) >= 11 is 0. The topological polar surface area (TPSA) is 58.4 Å². The Bertz CT molecular complexity index is 696. The number of carbonyl (C=O) groups excluding carboxylic acids is 1. The van der Waals surface area contributed by atoms with Gasteiger partial charge in [-0.05, 0) is 30.4 Å². The third-order valence-electron chi connectivity index (χ3n) is 4.19. The number of hydrogen-bond acceptors (Lipinski definition) is 3. The molecule has 0 saturated carbocycles. The van der Waals surface area contributed by atoms with Crippen LogP contribution < -0.4 is 0 Å². The summed E-state index contributed by atoms with van der Waals surface area (Å²) in [6, 6.07) is 7.74. The van der Waals surface area contributed by atoms with Crippen LogP contribution in [-0.2, 0) is 11.3 Å². The quantitative estimate of drug-likeness (QED) is 0.795. The standard InChI is InChI=1S/C20H31N3O2/c1-6-18(24)20-21-16-9-7-8-10-17(16)23(20)13-19(25)22(11-14(2)3)12-15(4)5/h7-10,14-15,18,24H,6,11-13H2,1-5H3/t18-/m0/s1. The second-order valence-corrected chi connectivity index (χ2v) is 7.56. The summed E-state index contributed by atoms with van der Waals surface area (Å²) in [5.41, 5.74) is 1.71. The van der Waals surface area contributed by atoms with Crippen LogP contribution in [0, 0.1) is 11.8 Å². The van der Waals surface area contributed by atoms with Gasteiger partial charge in [0.1, 0.15) is 18.5 Å². The lowest BCUT2D eigenvalue weighted by Crippen LogP contribution is -2.39. The van der Waals surface area contributed by atoms with Crippen molar-refractivity contribution in [3.63, 3.8) is 0 Å². The van der Waals surface area contributed by atoms with Crippen LogP contribution in [0.3, 0.4) is 0 Å². The van der Waals surface area contributed by atoms with Gasteiger partial charge in [0.25, 0.3) is 0 Å². The van der Waals surface area contributed by atoms with Crippen molar-refractivity contribution in [2.24, 2.45) is 11.8 Å². The number of benzene rings is 1. The molecule has 0 fully saturated rings. The van der Waals surface area contributed by atoms with Gasteiger partial charge < -0.3 is 14.6 Å². The van der Waals surface area contributed by atoms with Crippen molar-refractivity contribution in [1.29, 1.82) is 0 Å². The Morgan fingerprint density at radius 1 is 1.16 bits per heavy atom. The molecule has 0 saturated heterocycles. The van der Waals surface area contributed by atoms with Crippen molar-refractivity contribution in [2.75, 3.05) is 13.1 Å². The molecule has 1 aromatic heterocycles. The summed E-state index contributed by atoms with van der Waals surface area (Å²) in [5, 5.41) is 10.3. The summed E-state index contributed by atoms with van der Waals surface area (Å²) in [6.07, 6.45) is -0.0944. The lowest BCUT2D eigenvalue weighted by molar-refractivity contribution is -0.132. The fourth-order valence-electron chi connectivity index (χ4n) is 3.09. The van der Waals surface area contributed by atoms with Crippen LogP contribution in [0.25, 0.3) is 11.0 Å². The van der Waals surface area contributed by atoms with E-state index in [0.717, 1.165) is 24.1 Å². The average molecular weight is 345 g/mol. The minimum Gasteiger partial charge on any atom is -0.385 e. The van der Waals surface area contributed by atoms with Crippen molar-refractivity contribution in [2.45, 2.75) is 53.7 Å². The van der Waals surface area contributed by atoms with Gasteiger partial charge in [0.15, 0.2) is 0 Å². The van der Waals surface area contributed by atoms with E-state index in [9.17, 15) is 9.90 Å². The van der Waals surface area contributed by atoms with E-state index < -0.39 is 6.10 Å². The zero-order valence-corrected chi connectivity index (χ0v) is 16.1. The molecule has 2 aromatic rings. The number of aliphatic hydroxyl groups is 1. The van der Waals surface area contributed by atoms with Crippen LogP contribution in [0.15, 0.2) is 24.3 Å². The van der Waals surface area contributed by atoms with E-state index in [4.69, 9.17) is 0 Å². The molecule has 0 aliphatic heterocycles. The minimum absolute atomic E-state index is 0.0788. The van der Waals surface area contributed by atoms with Crippen molar-refractivity contribution in [3.05, 3.63) is 30.1 Å². The molecule has 1 aromatic carbocycles. The Balaban J connectivity index is 2.34. The number of carbonyl (C=O) groups is 1. The molecule has 2 rings (SSSR count). The molecule has 0 aliphatic rings. The summed E-state index contributed by atoms with van der Waals surface area (Å²) in [6.45, 7) is 12.1. The molecule has 0 unspecified atom stereocenters. The van der Waals surface area contributed by atoms with Crippen LogP contribution >= 0.6 is 0 Å². The first kappa shape index (κ1) is 19.4. The second kappa shape index (κ2) is 8.48. The molecule has 0 radical (unpaired) electrons. The molecule has 1 heterocycles. The van der Waals surface area contributed by atoms with Gasteiger partial charge in [-0.3, -0.25) is 4.79 Å². The van der Waals surface area contributed by atoms with Crippen molar-refractivity contribution in [1.82, 2.24) is 14.5 Å². The molecular formula is C20H31N3O2. The number of rotatable bonds is 8. The van der Waals surface area contributed by atoms with E-state index >= 15 is 0 Å². The van der Waals surface area contributed by atoms with E-state index in [1.54, 1.807) is 0 Å². The third-order valence-corrected chi connectivity index (χ3v) is 4.19. The highest BCUT2D eigenvalue weighted by molar-refractivity contribution is 5.81. The van der Waals surface area contributed by atoms with E-state index in [1.165, 1.54) is 0 Å². The van der Waals surface area contributed by atoms with Gasteiger partial charge in [-0.25, -0.2) is 4.98 Å². The molecule has 1 N–H and O–H groups in total. The number of hydrogen-bond donors (Lipinski definition) is 1. The average Bonchev–Trinajstić information content (AvgIpc) is 2.91. The predicted octanol–water partition coefficient (Wildman–Crippen LogP) is 3.62. The Labute approximate surface area is 150 Å². The normalized spacial score (nSPS) is 13.0. The van der Waals surface area contributed by atoms with Gasteiger partial charge in [-0.15, -0.1) is 0 Å². The molecule has 25 heavy (non-hydrogen) atoms. The van der Waals surface area contributed by atoms with Crippen LogP contribution in [0.4, 0.5) is 0 Å². The van der Waals surface area contributed by atoms with Gasteiger partial charge in [0.05, 0.1) is 11.0 Å². The first-order chi connectivity index (χ1) is 11.8. The van der Waals surface area contributed by atoms with Crippen LogP contribution in [0.1, 0.15) is 53.0 Å². The summed E-state index contributed by atoms with van der Waals surface area (Å²) in [4.78, 5) is 19.5. The summed E-state index contributed by atoms with van der Waals surface area (Å²) in [7, 11) is 0. The molecule has 0 aliphatic carbocycles. The van der Waals surface area contributed by atoms with E-state index in [2.05, 4.69) is 32.7 Å². The Hall–Kier alpha value is -1.88. The van der Waals surface area contributed by atoms with E-state index in [-0.39, 0.29) is 12.5 Å². The number of nitrogens with zero attached hydrogens (tertiary/aromatic N) is 3. The smallest absolute Gasteiger partial charge is 0.242 e. The van der Waals surface area contributed by atoms with Gasteiger partial charge in [0.2, 0.25) is 5.91 Å². The maximum absolute atomic E-state index is 13.0. The summed E-state index contributed by atoms with van der Waals surface area (Å²) < 4.78 is 1.87. The molecule has 0 spiro atoms. The molecule has 1 atom stereocenters. The molecule has 5 heteroatoms. The lowest BCUT2D eigenvalue weighted by Gasteiger charge is -2.27. The van der Waals surface area contributed by atoms with E-state index in [1.807, 2.05) is 40.7 Å². The van der Waals surface area contributed by atoms with Gasteiger partial charge in [-0.1, -0.05) is 46.8 Å². The lowest BCUT2D eigenvalue weighted by atomic mass is 10.1. The number of fused-ring (bicyclic) bond motifs is 1. The fraction of sp³-hybridized carbons (Fsp3) is 0.600. The predicted molar refractivity (Wildman–Crippen MR) is 101 cm³/mol. The molecule has 1 amide bonds. The van der Waals surface area contributed by atoms with Crippen LogP contribution in [-0.4, -0.2) is 38.6 Å². The minimum atomic E-state index is -0.663. The zero-order valence-electron chi connectivity index (χ0n) is 16.1. The van der Waals surface area contributed by atoms with Crippen molar-refractivity contribution in [3.8, 4) is 0 Å². The monoisotopic (exact) mass is 345 g/mol. The van der Waals surface area contributed by atoms with Crippen molar-refractivity contribution < 1.29 is 9.90 Å². The number of para-hydroxylation sites is 2. The maximum Gasteiger partial charge on any atom is 0.242 e. The van der Waals surface area contributed by atoms with Gasteiger partial charge in [0, 0.05) is 13.1 Å². The van der Waals surface area contributed by atoms with Crippen LogP contribution in [0.5, 0.6) is 0 Å². The Morgan fingerprint density at radius 3 is 2.32 bits per heavy atom. The number of aliphatic hydroxyl groups excluding tert-OH is 1. The molecular weight excluding hydrogens is 314 g/mol. The highest BCUT2D eigenvalue weighted by atomic mass is 16.3. The Kier molecular flexibility index (Phi) is 6.59. The number of imidazole rings is 1. The fourth-order valence-corrected chi connectivity index (χ4v) is 3.09. The third kappa shape index (κ3) is 4.82. The SMILES string of the molecule is CC[C@H](O)c1nc2ccccc2n1CC(=O)N(CC(C)C)CC(C)C. The molecule has 0 bridgehead atoms. The van der Waals surface area contributed by atoms with E-state index in [0.29, 0.717) is 24.1 Å². The van der Waals surface area contributed by atoms with Crippen molar-refractivity contribution >= 4 is 16.9 Å². The first-order valence-corrected chi connectivity index (χ1v) is 9.24. The Morgan fingerprint density at radius 2 is 1.76 bits per heavy atom. The molecule has 138 valence electrons. The zero-order chi connectivity index (χ0) is 18.6. The number of amides is 1. The highest BCUT2D eigenvalue weighted by Crippen LogP contribution is 2.23. The summed E-state index contributed by atoms with van der Waals surface area (Å²) in [5.74, 6) is 1.49. The first-order valence-electron chi connectivity index (χ1n) is 9.24. The largest absolute Gasteiger partial charge is 0.385 e. The van der Waals surface area contributed by atoms with Crippen LogP contribution in [0.2, 0.25) is 0 Å². The van der Waals surface area contributed by atoms with Gasteiger partial charge >= 0.3 is 0 Å². The highest BCUT2D eigenvalue weighted by Gasteiger charge is 2.22. The molecule has 5 nitrogen and oxygen atoms in total. The number of aromatic nitrogens is 2.